The van der Waals surface area contributed by atoms with Crippen LogP contribution in [-0.2, 0) is 4.79 Å². The number of nitrogens with one attached hydrogen (secondary N) is 2. The van der Waals surface area contributed by atoms with Gasteiger partial charge in [-0.2, -0.15) is 0 Å². The van der Waals surface area contributed by atoms with Crippen molar-refractivity contribution in [1.29, 1.82) is 0 Å². The average Bonchev–Trinajstić information content (AvgIpc) is 2.99. The first-order valence-corrected chi connectivity index (χ1v) is 11.7. The molecule has 0 aromatic heterocycles. The van der Waals surface area contributed by atoms with Gasteiger partial charge in [-0.25, -0.2) is 0 Å². The SMILES string of the molecule is CN1CCC(=O)Nc2cc(C(=O)NCC3CC4c5ccccc5C3c3ccccc34)ccc21. The van der Waals surface area contributed by atoms with Gasteiger partial charge in [0.15, 0.2) is 0 Å². The van der Waals surface area contributed by atoms with Crippen LogP contribution in [0.2, 0.25) is 0 Å². The topological polar surface area (TPSA) is 61.4 Å². The number of amides is 2. The first-order chi connectivity index (χ1) is 16.1. The van der Waals surface area contributed by atoms with Crippen LogP contribution in [-0.4, -0.2) is 32.0 Å². The second kappa shape index (κ2) is 7.77. The molecule has 33 heavy (non-hydrogen) atoms. The summed E-state index contributed by atoms with van der Waals surface area (Å²) in [6.07, 6.45) is 1.49. The fraction of sp³-hybridized carbons (Fsp3) is 0.286. The van der Waals surface area contributed by atoms with Gasteiger partial charge in [0.05, 0.1) is 11.4 Å². The third-order valence-corrected chi connectivity index (χ3v) is 7.57. The molecule has 5 heteroatoms. The maximum atomic E-state index is 13.1. The second-order valence-electron chi connectivity index (χ2n) is 9.45. The van der Waals surface area contributed by atoms with Crippen molar-refractivity contribution in [3.8, 4) is 0 Å². The molecule has 0 radical (unpaired) electrons. The third kappa shape index (κ3) is 3.30. The van der Waals surface area contributed by atoms with Crippen molar-refractivity contribution in [3.63, 3.8) is 0 Å². The highest BCUT2D eigenvalue weighted by Crippen LogP contribution is 2.55. The number of hydrogen-bond donors (Lipinski definition) is 2. The van der Waals surface area contributed by atoms with Crippen LogP contribution < -0.4 is 15.5 Å². The fourth-order valence-corrected chi connectivity index (χ4v) is 6.00. The molecule has 7 rings (SSSR count). The summed E-state index contributed by atoms with van der Waals surface area (Å²) in [7, 11) is 1.96. The van der Waals surface area contributed by atoms with Crippen molar-refractivity contribution in [2.45, 2.75) is 24.7 Å². The Balaban J connectivity index is 1.24. The minimum atomic E-state index is -0.0954. The molecule has 0 saturated heterocycles. The van der Waals surface area contributed by atoms with E-state index < -0.39 is 0 Å². The van der Waals surface area contributed by atoms with E-state index >= 15 is 0 Å². The molecule has 3 aliphatic carbocycles. The van der Waals surface area contributed by atoms with Crippen LogP contribution in [0.1, 0.15) is 57.3 Å². The highest BCUT2D eigenvalue weighted by Gasteiger charge is 2.42. The highest BCUT2D eigenvalue weighted by atomic mass is 16.2. The number of benzene rings is 3. The van der Waals surface area contributed by atoms with Gasteiger partial charge < -0.3 is 15.5 Å². The molecule has 0 fully saturated rings. The molecule has 4 aliphatic rings. The summed E-state index contributed by atoms with van der Waals surface area (Å²) in [5.74, 6) is 0.941. The largest absolute Gasteiger partial charge is 0.372 e. The Morgan fingerprint density at radius 1 is 1.00 bits per heavy atom. The number of anilines is 2. The van der Waals surface area contributed by atoms with Crippen molar-refractivity contribution in [1.82, 2.24) is 5.32 Å². The molecule has 1 atom stereocenters. The minimum absolute atomic E-state index is 0.0197. The van der Waals surface area contributed by atoms with Crippen molar-refractivity contribution in [2.24, 2.45) is 5.92 Å². The van der Waals surface area contributed by atoms with Crippen molar-refractivity contribution in [2.75, 3.05) is 30.4 Å². The van der Waals surface area contributed by atoms with Gasteiger partial charge in [0.1, 0.15) is 0 Å². The van der Waals surface area contributed by atoms with E-state index in [9.17, 15) is 9.59 Å². The van der Waals surface area contributed by atoms with Gasteiger partial charge in [0.2, 0.25) is 5.91 Å². The van der Waals surface area contributed by atoms with Gasteiger partial charge in [-0.3, -0.25) is 9.59 Å². The molecule has 1 heterocycles. The van der Waals surface area contributed by atoms with Crippen LogP contribution in [0.3, 0.4) is 0 Å². The van der Waals surface area contributed by atoms with Crippen LogP contribution in [0.5, 0.6) is 0 Å². The van der Waals surface area contributed by atoms with E-state index in [1.165, 1.54) is 22.3 Å². The molecule has 5 nitrogen and oxygen atoms in total. The smallest absolute Gasteiger partial charge is 0.251 e. The lowest BCUT2D eigenvalue weighted by Gasteiger charge is -2.45. The lowest BCUT2D eigenvalue weighted by molar-refractivity contribution is -0.115. The van der Waals surface area contributed by atoms with Gasteiger partial charge >= 0.3 is 0 Å². The third-order valence-electron chi connectivity index (χ3n) is 7.57. The van der Waals surface area contributed by atoms with Crippen molar-refractivity contribution >= 4 is 23.2 Å². The molecule has 1 unspecified atom stereocenters. The fourth-order valence-electron chi connectivity index (χ4n) is 6.00. The summed E-state index contributed by atoms with van der Waals surface area (Å²) in [6, 6.07) is 23.1. The van der Waals surface area contributed by atoms with Crippen molar-refractivity contribution < 1.29 is 9.59 Å². The molecular formula is C28H27N3O2. The molecule has 3 aromatic rings. The van der Waals surface area contributed by atoms with E-state index in [1.807, 2.05) is 24.1 Å². The zero-order chi connectivity index (χ0) is 22.5. The van der Waals surface area contributed by atoms with E-state index in [1.54, 1.807) is 6.07 Å². The number of fused-ring (bicyclic) bond motifs is 2. The van der Waals surface area contributed by atoms with E-state index in [-0.39, 0.29) is 11.8 Å². The standard InChI is InChI=1S/C28H27N3O2/c1-31-13-12-26(32)30-24-15-17(10-11-25(24)31)28(33)29-16-18-14-23-19-6-2-4-8-21(19)27(18)22-9-5-3-7-20(22)23/h2-11,15,18,23,27H,12-14,16H2,1H3,(H,29,33)(H,30,32). The highest BCUT2D eigenvalue weighted by molar-refractivity contribution is 6.00. The van der Waals surface area contributed by atoms with E-state index in [0.717, 1.165) is 12.1 Å². The maximum absolute atomic E-state index is 13.1. The second-order valence-corrected chi connectivity index (χ2v) is 9.45. The Kier molecular flexibility index (Phi) is 4.72. The van der Waals surface area contributed by atoms with Crippen LogP contribution >= 0.6 is 0 Å². The Labute approximate surface area is 193 Å². The summed E-state index contributed by atoms with van der Waals surface area (Å²) in [6.45, 7) is 1.30. The molecular weight excluding hydrogens is 410 g/mol. The maximum Gasteiger partial charge on any atom is 0.251 e. The zero-order valence-electron chi connectivity index (χ0n) is 18.7. The Morgan fingerprint density at radius 3 is 2.36 bits per heavy atom. The number of carbonyl (C=O) groups is 2. The average molecular weight is 438 g/mol. The Morgan fingerprint density at radius 2 is 1.67 bits per heavy atom. The van der Waals surface area contributed by atoms with Crippen LogP contribution in [0.4, 0.5) is 11.4 Å². The summed E-state index contributed by atoms with van der Waals surface area (Å²) < 4.78 is 0. The number of nitrogens with zero attached hydrogens (tertiary/aromatic N) is 1. The lowest BCUT2D eigenvalue weighted by Crippen LogP contribution is -2.39. The predicted molar refractivity (Wildman–Crippen MR) is 130 cm³/mol. The number of hydrogen-bond acceptors (Lipinski definition) is 3. The molecule has 166 valence electrons. The zero-order valence-corrected chi connectivity index (χ0v) is 18.7. The summed E-state index contributed by atoms with van der Waals surface area (Å²) in [5.41, 5.74) is 7.90. The minimum Gasteiger partial charge on any atom is -0.372 e. The van der Waals surface area contributed by atoms with Gasteiger partial charge in [0.25, 0.3) is 5.91 Å². The van der Waals surface area contributed by atoms with Crippen LogP contribution in [0.25, 0.3) is 0 Å². The summed E-state index contributed by atoms with van der Waals surface area (Å²) >= 11 is 0. The quantitative estimate of drug-likeness (QED) is 0.635. The van der Waals surface area contributed by atoms with Gasteiger partial charge in [0, 0.05) is 44.0 Å². The lowest BCUT2D eigenvalue weighted by atomic mass is 9.59. The molecule has 2 bridgehead atoms. The summed E-state index contributed by atoms with van der Waals surface area (Å²) in [4.78, 5) is 27.2. The number of rotatable bonds is 3. The van der Waals surface area contributed by atoms with E-state index in [4.69, 9.17) is 0 Å². The van der Waals surface area contributed by atoms with Crippen LogP contribution in [0.15, 0.2) is 66.7 Å². The van der Waals surface area contributed by atoms with Gasteiger partial charge in [-0.15, -0.1) is 0 Å². The molecule has 2 amide bonds. The molecule has 1 aliphatic heterocycles. The monoisotopic (exact) mass is 437 g/mol. The molecule has 3 aromatic carbocycles. The molecule has 2 N–H and O–H groups in total. The van der Waals surface area contributed by atoms with Gasteiger partial charge in [-0.05, 0) is 52.8 Å². The number of carbonyl (C=O) groups excluding carboxylic acids is 2. The van der Waals surface area contributed by atoms with E-state index in [0.29, 0.717) is 48.5 Å². The first kappa shape index (κ1) is 20.0. The Bertz CT molecular complexity index is 1220. The molecule has 0 saturated carbocycles. The van der Waals surface area contributed by atoms with Crippen molar-refractivity contribution in [3.05, 3.63) is 94.5 Å². The summed E-state index contributed by atoms with van der Waals surface area (Å²) in [5, 5.41) is 6.13. The predicted octanol–water partition coefficient (Wildman–Crippen LogP) is 4.49. The molecule has 0 spiro atoms. The van der Waals surface area contributed by atoms with E-state index in [2.05, 4.69) is 59.2 Å². The Hall–Kier alpha value is -3.60. The first-order valence-electron chi connectivity index (χ1n) is 11.7. The normalized spacial score (nSPS) is 22.5. The van der Waals surface area contributed by atoms with Gasteiger partial charge in [-0.1, -0.05) is 48.5 Å². The van der Waals surface area contributed by atoms with Crippen LogP contribution in [0, 0.1) is 5.92 Å².